The highest BCUT2D eigenvalue weighted by Gasteiger charge is 2.17. The molecule has 0 saturated carbocycles. The van der Waals surface area contributed by atoms with Gasteiger partial charge < -0.3 is 14.2 Å². The molecule has 1 heterocycles. The highest BCUT2D eigenvalue weighted by molar-refractivity contribution is 5.94. The van der Waals surface area contributed by atoms with Crippen molar-refractivity contribution in [2.45, 2.75) is 13.5 Å². The van der Waals surface area contributed by atoms with Crippen LogP contribution in [-0.4, -0.2) is 41.2 Å². The summed E-state index contributed by atoms with van der Waals surface area (Å²) in [5.74, 6) is 0.981. The summed E-state index contributed by atoms with van der Waals surface area (Å²) in [7, 11) is 1.63. The van der Waals surface area contributed by atoms with Crippen molar-refractivity contribution in [2.24, 2.45) is 0 Å². The maximum atomic E-state index is 12.9. The maximum absolute atomic E-state index is 12.9. The Labute approximate surface area is 152 Å². The molecule has 6 nitrogen and oxygen atoms in total. The molecule has 1 amide bonds. The van der Waals surface area contributed by atoms with Crippen LogP contribution in [0.3, 0.4) is 0 Å². The predicted octanol–water partition coefficient (Wildman–Crippen LogP) is 3.33. The van der Waals surface area contributed by atoms with Gasteiger partial charge in [0.05, 0.1) is 6.61 Å². The summed E-state index contributed by atoms with van der Waals surface area (Å²) in [5, 5.41) is 3.78. The lowest BCUT2D eigenvalue weighted by molar-refractivity contribution is 0.0680. The largest absolute Gasteiger partial charge is 0.383 e. The number of carbonyl (C=O) groups is 1. The van der Waals surface area contributed by atoms with Crippen LogP contribution in [0.2, 0.25) is 0 Å². The Morgan fingerprint density at radius 1 is 1.12 bits per heavy atom. The Bertz CT molecular complexity index is 844. The zero-order valence-corrected chi connectivity index (χ0v) is 14.9. The highest BCUT2D eigenvalue weighted by Crippen LogP contribution is 2.19. The van der Waals surface area contributed by atoms with Crippen molar-refractivity contribution < 1.29 is 14.1 Å². The molecule has 0 unspecified atom stereocenters. The molecule has 0 aliphatic heterocycles. The van der Waals surface area contributed by atoms with Crippen molar-refractivity contribution in [1.29, 1.82) is 0 Å². The van der Waals surface area contributed by atoms with Gasteiger partial charge in [0.1, 0.15) is 0 Å². The second-order valence-electron chi connectivity index (χ2n) is 5.93. The Morgan fingerprint density at radius 3 is 2.46 bits per heavy atom. The number of carbonyl (C=O) groups excluding carboxylic acids is 1. The minimum absolute atomic E-state index is 0.0424. The van der Waals surface area contributed by atoms with E-state index in [1.165, 1.54) is 0 Å². The highest BCUT2D eigenvalue weighted by atomic mass is 16.5. The lowest BCUT2D eigenvalue weighted by Gasteiger charge is -2.22. The van der Waals surface area contributed by atoms with E-state index in [1.807, 2.05) is 42.5 Å². The van der Waals surface area contributed by atoms with Crippen molar-refractivity contribution in [1.82, 2.24) is 15.0 Å². The number of hydrogen-bond donors (Lipinski definition) is 0. The van der Waals surface area contributed by atoms with Gasteiger partial charge in [-0.2, -0.15) is 4.98 Å². The van der Waals surface area contributed by atoms with E-state index in [1.54, 1.807) is 31.1 Å². The molecule has 0 aliphatic carbocycles. The fourth-order valence-corrected chi connectivity index (χ4v) is 2.61. The minimum atomic E-state index is -0.0424. The third kappa shape index (κ3) is 4.34. The standard InChI is InChI=1S/C20H21N3O3/c1-15-21-19(26-22-15)17-8-10-18(11-9-17)20(24)23(12-13-25-2)14-16-6-4-3-5-7-16/h3-11H,12-14H2,1-2H3. The van der Waals surface area contributed by atoms with Crippen LogP contribution < -0.4 is 0 Å². The topological polar surface area (TPSA) is 68.5 Å². The molecule has 0 fully saturated rings. The van der Waals surface area contributed by atoms with Crippen LogP contribution in [0.25, 0.3) is 11.5 Å². The predicted molar refractivity (Wildman–Crippen MR) is 97.5 cm³/mol. The normalized spacial score (nSPS) is 10.7. The first kappa shape index (κ1) is 17.8. The Kier molecular flexibility index (Phi) is 5.76. The van der Waals surface area contributed by atoms with Crippen LogP contribution in [-0.2, 0) is 11.3 Å². The average molecular weight is 351 g/mol. The molecule has 0 aliphatic rings. The average Bonchev–Trinajstić information content (AvgIpc) is 3.12. The number of aryl methyl sites for hydroxylation is 1. The van der Waals surface area contributed by atoms with Crippen LogP contribution in [0, 0.1) is 6.92 Å². The van der Waals surface area contributed by atoms with Gasteiger partial charge in [0.25, 0.3) is 11.8 Å². The fraction of sp³-hybridized carbons (Fsp3) is 0.250. The van der Waals surface area contributed by atoms with Crippen LogP contribution >= 0.6 is 0 Å². The Hall–Kier alpha value is -2.99. The summed E-state index contributed by atoms with van der Waals surface area (Å²) in [6, 6.07) is 17.1. The number of rotatable bonds is 7. The van der Waals surface area contributed by atoms with Gasteiger partial charge in [-0.15, -0.1) is 0 Å². The second kappa shape index (κ2) is 8.40. The van der Waals surface area contributed by atoms with E-state index in [-0.39, 0.29) is 5.91 Å². The summed E-state index contributed by atoms with van der Waals surface area (Å²) in [6.45, 7) is 3.31. The van der Waals surface area contributed by atoms with Crippen LogP contribution in [0.5, 0.6) is 0 Å². The fourth-order valence-electron chi connectivity index (χ4n) is 2.61. The van der Waals surface area contributed by atoms with Crippen molar-refractivity contribution in [2.75, 3.05) is 20.3 Å². The van der Waals surface area contributed by atoms with Crippen molar-refractivity contribution >= 4 is 5.91 Å². The lowest BCUT2D eigenvalue weighted by Crippen LogP contribution is -2.33. The van der Waals surface area contributed by atoms with Gasteiger partial charge >= 0.3 is 0 Å². The van der Waals surface area contributed by atoms with E-state index in [0.29, 0.717) is 37.0 Å². The van der Waals surface area contributed by atoms with Gasteiger partial charge in [-0.25, -0.2) is 0 Å². The molecule has 6 heteroatoms. The lowest BCUT2D eigenvalue weighted by atomic mass is 10.1. The summed E-state index contributed by atoms with van der Waals surface area (Å²) < 4.78 is 10.3. The van der Waals surface area contributed by atoms with E-state index >= 15 is 0 Å². The molecular formula is C20H21N3O3. The number of amides is 1. The van der Waals surface area contributed by atoms with E-state index in [0.717, 1.165) is 11.1 Å². The van der Waals surface area contributed by atoms with Crippen molar-refractivity contribution in [3.8, 4) is 11.5 Å². The third-order valence-corrected chi connectivity index (χ3v) is 3.98. The molecule has 134 valence electrons. The number of aromatic nitrogens is 2. The van der Waals surface area contributed by atoms with Gasteiger partial charge in [0.2, 0.25) is 0 Å². The van der Waals surface area contributed by atoms with Gasteiger partial charge in [-0.05, 0) is 36.8 Å². The summed E-state index contributed by atoms with van der Waals surface area (Å²) in [6.07, 6.45) is 0. The molecule has 3 aromatic rings. The van der Waals surface area contributed by atoms with Crippen molar-refractivity contribution in [3.63, 3.8) is 0 Å². The first-order valence-electron chi connectivity index (χ1n) is 8.40. The molecule has 0 atom stereocenters. The molecule has 0 N–H and O–H groups in total. The van der Waals surface area contributed by atoms with Crippen molar-refractivity contribution in [3.05, 3.63) is 71.5 Å². The molecule has 3 rings (SSSR count). The zero-order chi connectivity index (χ0) is 18.4. The van der Waals surface area contributed by atoms with Gasteiger partial charge in [0.15, 0.2) is 5.82 Å². The molecular weight excluding hydrogens is 330 g/mol. The monoisotopic (exact) mass is 351 g/mol. The second-order valence-corrected chi connectivity index (χ2v) is 5.93. The minimum Gasteiger partial charge on any atom is -0.383 e. The molecule has 26 heavy (non-hydrogen) atoms. The molecule has 0 radical (unpaired) electrons. The van der Waals surface area contributed by atoms with Crippen LogP contribution in [0.15, 0.2) is 59.1 Å². The van der Waals surface area contributed by atoms with E-state index in [9.17, 15) is 4.79 Å². The SMILES string of the molecule is COCCN(Cc1ccccc1)C(=O)c1ccc(-c2nc(C)no2)cc1. The molecule has 0 spiro atoms. The van der Waals surface area contributed by atoms with Crippen LogP contribution in [0.1, 0.15) is 21.7 Å². The first-order chi connectivity index (χ1) is 12.7. The Balaban J connectivity index is 1.77. The zero-order valence-electron chi connectivity index (χ0n) is 14.9. The summed E-state index contributed by atoms with van der Waals surface area (Å²) >= 11 is 0. The third-order valence-electron chi connectivity index (χ3n) is 3.98. The number of hydrogen-bond acceptors (Lipinski definition) is 5. The molecule has 0 saturated heterocycles. The molecule has 0 bridgehead atoms. The number of benzene rings is 2. The van der Waals surface area contributed by atoms with Gasteiger partial charge in [-0.3, -0.25) is 4.79 Å². The molecule has 2 aromatic carbocycles. The summed E-state index contributed by atoms with van der Waals surface area (Å²) in [5.41, 5.74) is 2.47. The van der Waals surface area contributed by atoms with Gasteiger partial charge in [0, 0.05) is 31.3 Å². The molecule has 1 aromatic heterocycles. The van der Waals surface area contributed by atoms with E-state index in [4.69, 9.17) is 9.26 Å². The quantitative estimate of drug-likeness (QED) is 0.653. The number of nitrogens with zero attached hydrogens (tertiary/aromatic N) is 3. The summed E-state index contributed by atoms with van der Waals surface area (Å²) in [4.78, 5) is 18.9. The van der Waals surface area contributed by atoms with E-state index in [2.05, 4.69) is 10.1 Å². The van der Waals surface area contributed by atoms with E-state index < -0.39 is 0 Å². The van der Waals surface area contributed by atoms with Gasteiger partial charge in [-0.1, -0.05) is 35.5 Å². The maximum Gasteiger partial charge on any atom is 0.257 e. The number of methoxy groups -OCH3 is 1. The first-order valence-corrected chi connectivity index (χ1v) is 8.40. The Morgan fingerprint density at radius 2 is 1.85 bits per heavy atom. The number of ether oxygens (including phenoxy) is 1. The van der Waals surface area contributed by atoms with Crippen LogP contribution in [0.4, 0.5) is 0 Å². The smallest absolute Gasteiger partial charge is 0.257 e.